The van der Waals surface area contributed by atoms with Crippen LogP contribution in [-0.2, 0) is 0 Å². The molecule has 1 atom stereocenters. The molecular formula is C18H39N3O. The number of urea groups is 1. The van der Waals surface area contributed by atoms with Gasteiger partial charge in [0.2, 0.25) is 0 Å². The number of carbonyl (C=O) groups excluding carboxylic acids is 1. The van der Waals surface area contributed by atoms with E-state index in [9.17, 15) is 4.79 Å². The molecule has 0 saturated heterocycles. The van der Waals surface area contributed by atoms with Crippen LogP contribution in [0.2, 0.25) is 0 Å². The molecule has 0 rings (SSSR count). The Morgan fingerprint density at radius 1 is 0.864 bits per heavy atom. The molecular weight excluding hydrogens is 274 g/mol. The van der Waals surface area contributed by atoms with Crippen molar-refractivity contribution < 1.29 is 4.79 Å². The third kappa shape index (κ3) is 6.15. The molecule has 0 aromatic rings. The average molecular weight is 314 g/mol. The molecule has 0 radical (unpaired) electrons. The van der Waals surface area contributed by atoms with Gasteiger partial charge in [0.1, 0.15) is 0 Å². The maximum atomic E-state index is 13.1. The van der Waals surface area contributed by atoms with Crippen molar-refractivity contribution in [2.75, 3.05) is 19.6 Å². The van der Waals surface area contributed by atoms with Crippen LogP contribution in [0.1, 0.15) is 68.7 Å². The summed E-state index contributed by atoms with van der Waals surface area (Å²) in [6, 6.07) is 0.612. The number of hydrogen-bond donors (Lipinski definition) is 0. The van der Waals surface area contributed by atoms with E-state index in [-0.39, 0.29) is 24.3 Å². The Morgan fingerprint density at radius 3 is 1.64 bits per heavy atom. The van der Waals surface area contributed by atoms with E-state index in [0.29, 0.717) is 5.92 Å². The van der Waals surface area contributed by atoms with Gasteiger partial charge in [0.05, 0.1) is 6.17 Å². The van der Waals surface area contributed by atoms with Crippen LogP contribution in [0, 0.1) is 5.92 Å². The lowest BCUT2D eigenvalue weighted by atomic mass is 10.1. The van der Waals surface area contributed by atoms with E-state index in [0.717, 1.165) is 26.1 Å². The summed E-state index contributed by atoms with van der Waals surface area (Å²) in [7, 11) is 0. The fourth-order valence-electron chi connectivity index (χ4n) is 2.98. The van der Waals surface area contributed by atoms with Crippen LogP contribution >= 0.6 is 0 Å². The summed E-state index contributed by atoms with van der Waals surface area (Å²) < 4.78 is 0. The minimum absolute atomic E-state index is 0.140. The summed E-state index contributed by atoms with van der Waals surface area (Å²) in [5, 5.41) is 0. The van der Waals surface area contributed by atoms with E-state index < -0.39 is 0 Å². The van der Waals surface area contributed by atoms with Gasteiger partial charge in [-0.25, -0.2) is 4.79 Å². The number of amides is 2. The molecule has 0 aliphatic rings. The summed E-state index contributed by atoms with van der Waals surface area (Å²) >= 11 is 0. The fraction of sp³-hybridized carbons (Fsp3) is 0.944. The topological polar surface area (TPSA) is 26.8 Å². The third-order valence-corrected chi connectivity index (χ3v) is 4.32. The molecule has 0 aromatic carbocycles. The van der Waals surface area contributed by atoms with Crippen LogP contribution in [0.4, 0.5) is 4.79 Å². The van der Waals surface area contributed by atoms with Gasteiger partial charge in [0.15, 0.2) is 0 Å². The minimum atomic E-state index is 0.140. The van der Waals surface area contributed by atoms with Crippen LogP contribution in [0.15, 0.2) is 0 Å². The van der Waals surface area contributed by atoms with E-state index in [2.05, 4.69) is 72.1 Å². The van der Waals surface area contributed by atoms with E-state index in [1.807, 2.05) is 4.90 Å². The first kappa shape index (κ1) is 21.2. The molecule has 0 bridgehead atoms. The normalized spacial score (nSPS) is 13.3. The lowest BCUT2D eigenvalue weighted by Gasteiger charge is -2.42. The lowest BCUT2D eigenvalue weighted by Crippen LogP contribution is -2.56. The smallest absolute Gasteiger partial charge is 0.320 e. The molecule has 0 aliphatic carbocycles. The molecule has 2 amide bonds. The van der Waals surface area contributed by atoms with Crippen molar-refractivity contribution in [2.45, 2.75) is 87.0 Å². The second-order valence-electron chi connectivity index (χ2n) is 7.11. The Morgan fingerprint density at radius 2 is 1.32 bits per heavy atom. The second kappa shape index (κ2) is 10.1. The predicted molar refractivity (Wildman–Crippen MR) is 96.1 cm³/mol. The van der Waals surface area contributed by atoms with Crippen LogP contribution < -0.4 is 0 Å². The summed E-state index contributed by atoms with van der Waals surface area (Å²) in [6.45, 7) is 22.1. The quantitative estimate of drug-likeness (QED) is 0.595. The Labute approximate surface area is 138 Å². The summed E-state index contributed by atoms with van der Waals surface area (Å²) in [5.74, 6) is 0.603. The van der Waals surface area contributed by atoms with E-state index in [1.165, 1.54) is 0 Å². The van der Waals surface area contributed by atoms with Crippen molar-refractivity contribution in [3.63, 3.8) is 0 Å². The summed E-state index contributed by atoms with van der Waals surface area (Å²) in [6.07, 6.45) is 1.18. The molecule has 0 saturated carbocycles. The largest absolute Gasteiger partial charge is 0.321 e. The molecule has 0 aliphatic heterocycles. The van der Waals surface area contributed by atoms with Crippen LogP contribution in [0.25, 0.3) is 0 Å². The molecule has 0 aromatic heterocycles. The maximum Gasteiger partial charge on any atom is 0.321 e. The molecule has 4 heteroatoms. The SMILES string of the molecule is CCN(CC)C(C)N(CCC(C)C)C(=O)N(C(C)C)C(C)C. The molecule has 22 heavy (non-hydrogen) atoms. The first-order valence-corrected chi connectivity index (χ1v) is 9.00. The van der Waals surface area contributed by atoms with Crippen molar-refractivity contribution in [3.8, 4) is 0 Å². The molecule has 0 fully saturated rings. The van der Waals surface area contributed by atoms with Gasteiger partial charge in [0, 0.05) is 18.6 Å². The van der Waals surface area contributed by atoms with Crippen molar-refractivity contribution >= 4 is 6.03 Å². The summed E-state index contributed by atoms with van der Waals surface area (Å²) in [4.78, 5) is 19.5. The highest BCUT2D eigenvalue weighted by Crippen LogP contribution is 2.16. The highest BCUT2D eigenvalue weighted by atomic mass is 16.2. The zero-order chi connectivity index (χ0) is 17.4. The Kier molecular flexibility index (Phi) is 9.74. The number of carbonyl (C=O) groups is 1. The van der Waals surface area contributed by atoms with Gasteiger partial charge in [-0.2, -0.15) is 0 Å². The number of hydrogen-bond acceptors (Lipinski definition) is 2. The summed E-state index contributed by atoms with van der Waals surface area (Å²) in [5.41, 5.74) is 0. The molecule has 0 heterocycles. The van der Waals surface area contributed by atoms with E-state index in [1.54, 1.807) is 0 Å². The molecule has 4 nitrogen and oxygen atoms in total. The zero-order valence-electron chi connectivity index (χ0n) is 16.4. The van der Waals surface area contributed by atoms with Crippen LogP contribution in [0.3, 0.4) is 0 Å². The molecule has 132 valence electrons. The second-order valence-corrected chi connectivity index (χ2v) is 7.11. The third-order valence-electron chi connectivity index (χ3n) is 4.32. The fourth-order valence-corrected chi connectivity index (χ4v) is 2.98. The first-order chi connectivity index (χ1) is 10.2. The van der Waals surface area contributed by atoms with Crippen LogP contribution in [-0.4, -0.2) is 58.6 Å². The standard InChI is InChI=1S/C18H39N3O/c1-10-19(11-2)17(9)20(13-12-14(3)4)18(22)21(15(5)6)16(7)8/h14-17H,10-13H2,1-9H3. The molecule has 0 N–H and O–H groups in total. The molecule has 0 spiro atoms. The van der Waals surface area contributed by atoms with E-state index in [4.69, 9.17) is 0 Å². The number of nitrogens with zero attached hydrogens (tertiary/aromatic N) is 3. The lowest BCUT2D eigenvalue weighted by molar-refractivity contribution is 0.0516. The zero-order valence-corrected chi connectivity index (χ0v) is 16.4. The van der Waals surface area contributed by atoms with Gasteiger partial charge in [-0.05, 0) is 60.0 Å². The van der Waals surface area contributed by atoms with Crippen molar-refractivity contribution in [3.05, 3.63) is 0 Å². The van der Waals surface area contributed by atoms with Crippen molar-refractivity contribution in [2.24, 2.45) is 5.92 Å². The van der Waals surface area contributed by atoms with Gasteiger partial charge >= 0.3 is 6.03 Å². The van der Waals surface area contributed by atoms with Crippen molar-refractivity contribution in [1.82, 2.24) is 14.7 Å². The minimum Gasteiger partial charge on any atom is -0.320 e. The Bertz CT molecular complexity index is 303. The highest BCUT2D eigenvalue weighted by molar-refractivity contribution is 5.75. The predicted octanol–water partition coefficient (Wildman–Crippen LogP) is 4.26. The number of rotatable bonds is 9. The van der Waals surface area contributed by atoms with Crippen molar-refractivity contribution in [1.29, 1.82) is 0 Å². The molecule has 1 unspecified atom stereocenters. The van der Waals surface area contributed by atoms with Gasteiger partial charge in [-0.15, -0.1) is 0 Å². The van der Waals surface area contributed by atoms with Gasteiger partial charge in [0.25, 0.3) is 0 Å². The first-order valence-electron chi connectivity index (χ1n) is 9.00. The van der Waals surface area contributed by atoms with Crippen LogP contribution in [0.5, 0.6) is 0 Å². The Hall–Kier alpha value is -0.770. The average Bonchev–Trinajstić information content (AvgIpc) is 2.38. The van der Waals surface area contributed by atoms with Gasteiger partial charge in [-0.3, -0.25) is 4.90 Å². The monoisotopic (exact) mass is 313 g/mol. The van der Waals surface area contributed by atoms with E-state index >= 15 is 0 Å². The van der Waals surface area contributed by atoms with Gasteiger partial charge < -0.3 is 9.80 Å². The highest BCUT2D eigenvalue weighted by Gasteiger charge is 2.30. The van der Waals surface area contributed by atoms with Gasteiger partial charge in [-0.1, -0.05) is 27.7 Å². The maximum absolute atomic E-state index is 13.1. The Balaban J connectivity index is 5.31.